The van der Waals surface area contributed by atoms with Crippen LogP contribution < -0.4 is 5.73 Å². The second kappa shape index (κ2) is 5.14. The summed E-state index contributed by atoms with van der Waals surface area (Å²) in [5.74, 6) is 1.34. The van der Waals surface area contributed by atoms with Gasteiger partial charge in [-0.3, -0.25) is 0 Å². The Morgan fingerprint density at radius 3 is 2.95 bits per heavy atom. The van der Waals surface area contributed by atoms with Gasteiger partial charge in [0.25, 0.3) is 5.95 Å². The molecule has 0 radical (unpaired) electrons. The van der Waals surface area contributed by atoms with E-state index in [0.29, 0.717) is 16.5 Å². The first kappa shape index (κ1) is 12.4. The molecule has 100 valence electrons. The maximum absolute atomic E-state index is 5.94. The molecule has 0 unspecified atom stereocenters. The van der Waals surface area contributed by atoms with Crippen molar-refractivity contribution in [3.63, 3.8) is 0 Å². The summed E-state index contributed by atoms with van der Waals surface area (Å²) < 4.78 is 5.63. The van der Waals surface area contributed by atoms with Crippen LogP contribution in [-0.2, 0) is 0 Å². The number of nitrogens with two attached hydrogens (primary N) is 1. The lowest BCUT2D eigenvalue weighted by Crippen LogP contribution is -1.99. The van der Waals surface area contributed by atoms with Gasteiger partial charge in [0.1, 0.15) is 11.5 Å². The largest absolute Gasteiger partial charge is 0.455 e. The average molecular weight is 289 g/mol. The Morgan fingerprint density at radius 1 is 1.30 bits per heavy atom. The van der Waals surface area contributed by atoms with Gasteiger partial charge >= 0.3 is 0 Å². The van der Waals surface area contributed by atoms with Crippen LogP contribution in [0.3, 0.4) is 0 Å². The molecule has 0 spiro atoms. The second-order valence-electron chi connectivity index (χ2n) is 3.88. The average Bonchev–Trinajstić information content (AvgIpc) is 3.05. The number of nitrogens with zero attached hydrogens (tertiary/aromatic N) is 5. The maximum atomic E-state index is 5.94. The molecule has 0 fully saturated rings. The Bertz CT molecular complexity index is 763. The van der Waals surface area contributed by atoms with Gasteiger partial charge in [0, 0.05) is 10.6 Å². The summed E-state index contributed by atoms with van der Waals surface area (Å²) in [7, 11) is 0. The van der Waals surface area contributed by atoms with Crippen molar-refractivity contribution in [2.75, 3.05) is 5.73 Å². The minimum atomic E-state index is 0.0999. The third-order valence-electron chi connectivity index (χ3n) is 2.51. The van der Waals surface area contributed by atoms with Crippen LogP contribution in [0, 0.1) is 0 Å². The molecule has 3 aromatic rings. The zero-order chi connectivity index (χ0) is 13.9. The van der Waals surface area contributed by atoms with E-state index in [4.69, 9.17) is 21.8 Å². The minimum absolute atomic E-state index is 0.0999. The molecule has 20 heavy (non-hydrogen) atoms. The second-order valence-corrected chi connectivity index (χ2v) is 4.32. The van der Waals surface area contributed by atoms with Crippen LogP contribution in [0.2, 0.25) is 5.02 Å². The molecule has 0 saturated carbocycles. The molecule has 0 atom stereocenters. The molecular formula is C12H9ClN6O. The number of anilines is 1. The minimum Gasteiger partial charge on any atom is -0.455 e. The fourth-order valence-electron chi connectivity index (χ4n) is 1.60. The topological polar surface area (TPSA) is 95.1 Å². The Kier molecular flexibility index (Phi) is 3.18. The van der Waals surface area contributed by atoms with Crippen molar-refractivity contribution >= 4 is 23.8 Å². The summed E-state index contributed by atoms with van der Waals surface area (Å²) >= 11 is 5.94. The molecular weight excluding hydrogens is 280 g/mol. The highest BCUT2D eigenvalue weighted by Gasteiger charge is 2.04. The van der Waals surface area contributed by atoms with E-state index in [1.165, 1.54) is 6.21 Å². The van der Waals surface area contributed by atoms with Crippen LogP contribution in [0.4, 0.5) is 5.95 Å². The van der Waals surface area contributed by atoms with Crippen LogP contribution in [0.5, 0.6) is 0 Å². The number of rotatable bonds is 3. The zero-order valence-electron chi connectivity index (χ0n) is 10.1. The van der Waals surface area contributed by atoms with Crippen molar-refractivity contribution in [2.45, 2.75) is 0 Å². The van der Waals surface area contributed by atoms with Gasteiger partial charge in [0.05, 0.1) is 6.21 Å². The summed E-state index contributed by atoms with van der Waals surface area (Å²) in [5.41, 5.74) is 6.37. The van der Waals surface area contributed by atoms with Gasteiger partial charge in [-0.2, -0.15) is 5.10 Å². The molecule has 0 bridgehead atoms. The predicted octanol–water partition coefficient (Wildman–Crippen LogP) is 2.05. The number of benzene rings is 1. The highest BCUT2D eigenvalue weighted by Crippen LogP contribution is 2.24. The molecule has 2 N–H and O–H groups in total. The lowest BCUT2D eigenvalue weighted by Gasteiger charge is -1.96. The molecule has 2 aromatic heterocycles. The Morgan fingerprint density at radius 2 is 2.20 bits per heavy atom. The van der Waals surface area contributed by atoms with Crippen molar-refractivity contribution in [2.24, 2.45) is 5.10 Å². The van der Waals surface area contributed by atoms with Gasteiger partial charge in [0.2, 0.25) is 0 Å². The molecule has 0 amide bonds. The fraction of sp³-hybridized carbons (Fsp3) is 0. The molecule has 0 aliphatic heterocycles. The normalized spacial score (nSPS) is 11.2. The van der Waals surface area contributed by atoms with E-state index in [2.05, 4.69) is 20.6 Å². The summed E-state index contributed by atoms with van der Waals surface area (Å²) in [5, 5.41) is 15.1. The summed E-state index contributed by atoms with van der Waals surface area (Å²) in [4.78, 5) is 1.10. The van der Waals surface area contributed by atoms with Crippen LogP contribution >= 0.6 is 11.6 Å². The quantitative estimate of drug-likeness (QED) is 0.744. The van der Waals surface area contributed by atoms with E-state index >= 15 is 0 Å². The molecule has 2 heterocycles. The summed E-state index contributed by atoms with van der Waals surface area (Å²) in [6, 6.07) is 11.0. The van der Waals surface area contributed by atoms with Gasteiger partial charge < -0.3 is 10.2 Å². The van der Waals surface area contributed by atoms with Crippen LogP contribution in [-0.4, -0.2) is 26.5 Å². The van der Waals surface area contributed by atoms with Crippen molar-refractivity contribution < 1.29 is 4.42 Å². The van der Waals surface area contributed by atoms with Crippen LogP contribution in [0.25, 0.3) is 11.3 Å². The number of hydrogen-bond donors (Lipinski definition) is 1. The fourth-order valence-corrected chi connectivity index (χ4v) is 1.79. The number of halogens is 1. The number of tetrazole rings is 1. The molecule has 0 saturated heterocycles. The van der Waals surface area contributed by atoms with Crippen LogP contribution in [0.1, 0.15) is 5.76 Å². The third kappa shape index (κ3) is 2.52. The van der Waals surface area contributed by atoms with Gasteiger partial charge in [-0.25, -0.2) is 0 Å². The van der Waals surface area contributed by atoms with E-state index in [-0.39, 0.29) is 5.95 Å². The molecule has 7 nitrogen and oxygen atoms in total. The van der Waals surface area contributed by atoms with E-state index in [1.54, 1.807) is 12.1 Å². The lowest BCUT2D eigenvalue weighted by molar-refractivity contribution is 0.573. The maximum Gasteiger partial charge on any atom is 0.263 e. The monoisotopic (exact) mass is 288 g/mol. The van der Waals surface area contributed by atoms with Crippen molar-refractivity contribution in [3.05, 3.63) is 47.2 Å². The zero-order valence-corrected chi connectivity index (χ0v) is 10.9. The van der Waals surface area contributed by atoms with E-state index < -0.39 is 0 Å². The van der Waals surface area contributed by atoms with Crippen molar-refractivity contribution in [1.82, 2.24) is 20.3 Å². The molecule has 1 aromatic carbocycles. The smallest absolute Gasteiger partial charge is 0.263 e. The summed E-state index contributed by atoms with van der Waals surface area (Å²) in [6.45, 7) is 0. The number of aromatic nitrogens is 4. The van der Waals surface area contributed by atoms with Gasteiger partial charge in [-0.05, 0) is 34.7 Å². The first-order valence-electron chi connectivity index (χ1n) is 5.66. The van der Waals surface area contributed by atoms with E-state index in [1.807, 2.05) is 24.3 Å². The van der Waals surface area contributed by atoms with Gasteiger partial charge in [0.15, 0.2) is 0 Å². The molecule has 0 aliphatic rings. The predicted molar refractivity (Wildman–Crippen MR) is 74.4 cm³/mol. The van der Waals surface area contributed by atoms with Crippen molar-refractivity contribution in [3.8, 4) is 11.3 Å². The van der Waals surface area contributed by atoms with Crippen LogP contribution in [0.15, 0.2) is 45.9 Å². The van der Waals surface area contributed by atoms with Gasteiger partial charge in [-0.1, -0.05) is 33.6 Å². The highest BCUT2D eigenvalue weighted by atomic mass is 35.5. The molecule has 8 heteroatoms. The SMILES string of the molecule is Nc1nnnn1/N=C\c1ccc(-c2cccc(Cl)c2)o1. The first-order valence-corrected chi connectivity index (χ1v) is 6.04. The third-order valence-corrected chi connectivity index (χ3v) is 2.74. The first-order chi connectivity index (χ1) is 9.72. The molecule has 3 rings (SSSR count). The standard InChI is InChI=1S/C12H9ClN6O/c13-9-3-1-2-8(6-9)11-5-4-10(20-11)7-15-19-12(14)16-17-18-19/h1-7H,(H2,14,16,18)/b15-7-. The number of furan rings is 1. The Labute approximate surface area is 118 Å². The lowest BCUT2D eigenvalue weighted by atomic mass is 10.2. The Hall–Kier alpha value is -2.67. The number of nitrogen functional groups attached to an aromatic ring is 1. The van der Waals surface area contributed by atoms with Crippen molar-refractivity contribution in [1.29, 1.82) is 0 Å². The highest BCUT2D eigenvalue weighted by molar-refractivity contribution is 6.30. The number of hydrogen-bond acceptors (Lipinski definition) is 6. The summed E-state index contributed by atoms with van der Waals surface area (Å²) in [6.07, 6.45) is 1.47. The van der Waals surface area contributed by atoms with E-state index in [9.17, 15) is 0 Å². The Balaban J connectivity index is 1.84. The van der Waals surface area contributed by atoms with Gasteiger partial charge in [-0.15, -0.1) is 0 Å². The molecule has 0 aliphatic carbocycles. The van der Waals surface area contributed by atoms with E-state index in [0.717, 1.165) is 10.4 Å².